The van der Waals surface area contributed by atoms with E-state index in [0.29, 0.717) is 6.42 Å². The van der Waals surface area contributed by atoms with Crippen LogP contribution in [0.2, 0.25) is 0 Å². The number of hydrogen-bond donors (Lipinski definition) is 1. The van der Waals surface area contributed by atoms with Crippen molar-refractivity contribution in [2.24, 2.45) is 0 Å². The predicted octanol–water partition coefficient (Wildman–Crippen LogP) is 0.422. The first-order chi connectivity index (χ1) is 4.58. The Bertz CT molecular complexity index is 189. The van der Waals surface area contributed by atoms with Gasteiger partial charge < -0.3 is 4.74 Å². The number of carbonyl (C=O) groups is 2. The molecule has 1 saturated heterocycles. The van der Waals surface area contributed by atoms with E-state index in [0.717, 1.165) is 0 Å². The zero-order valence-corrected chi connectivity index (χ0v) is 5.93. The molecule has 0 radical (unpaired) electrons. The maximum atomic E-state index is 10.9. The molecule has 1 heterocycles. The standard InChI is InChI=1S/C6H9NO3/c1-3-6(2)4(8)7-5(9)10-6/h3H2,1-2H3,(H,7,8,9)/t6-/m1/s1. The average molecular weight is 143 g/mol. The molecule has 0 unspecified atom stereocenters. The largest absolute Gasteiger partial charge is 0.433 e. The van der Waals surface area contributed by atoms with Crippen LogP contribution >= 0.6 is 0 Å². The number of alkyl carbamates (subject to hydrolysis) is 1. The van der Waals surface area contributed by atoms with E-state index in [-0.39, 0.29) is 5.91 Å². The molecule has 0 aromatic heterocycles. The Balaban J connectivity index is 2.80. The van der Waals surface area contributed by atoms with Crippen molar-refractivity contribution in [1.82, 2.24) is 5.32 Å². The molecule has 1 aliphatic heterocycles. The molecule has 1 atom stereocenters. The Hall–Kier alpha value is -1.06. The Kier molecular flexibility index (Phi) is 1.39. The number of ether oxygens (including phenoxy) is 1. The number of rotatable bonds is 1. The molecule has 1 aliphatic rings. The van der Waals surface area contributed by atoms with Gasteiger partial charge in [0, 0.05) is 0 Å². The molecule has 0 spiro atoms. The summed E-state index contributed by atoms with van der Waals surface area (Å²) in [4.78, 5) is 21.4. The normalized spacial score (nSPS) is 31.8. The monoisotopic (exact) mass is 143 g/mol. The summed E-state index contributed by atoms with van der Waals surface area (Å²) in [5.74, 6) is -0.347. The predicted molar refractivity (Wildman–Crippen MR) is 33.3 cm³/mol. The summed E-state index contributed by atoms with van der Waals surface area (Å²) < 4.78 is 4.71. The van der Waals surface area contributed by atoms with Gasteiger partial charge in [-0.05, 0) is 13.3 Å². The number of cyclic esters (lactones) is 1. The lowest BCUT2D eigenvalue weighted by atomic mass is 10.0. The van der Waals surface area contributed by atoms with Crippen molar-refractivity contribution in [2.75, 3.05) is 0 Å². The van der Waals surface area contributed by atoms with E-state index >= 15 is 0 Å². The molecule has 1 fully saturated rings. The summed E-state index contributed by atoms with van der Waals surface area (Å²) in [5, 5.41) is 2.06. The molecule has 0 aliphatic carbocycles. The van der Waals surface area contributed by atoms with Gasteiger partial charge in [-0.2, -0.15) is 0 Å². The molecule has 1 rings (SSSR count). The first-order valence-electron chi connectivity index (χ1n) is 3.13. The van der Waals surface area contributed by atoms with Gasteiger partial charge in [-0.1, -0.05) is 6.92 Å². The molecule has 56 valence electrons. The molecule has 0 aromatic rings. The molecule has 10 heavy (non-hydrogen) atoms. The molecular formula is C6H9NO3. The maximum Gasteiger partial charge on any atom is 0.415 e. The molecule has 2 amide bonds. The summed E-state index contributed by atoms with van der Waals surface area (Å²) in [6.45, 7) is 3.38. The van der Waals surface area contributed by atoms with Crippen molar-refractivity contribution in [3.8, 4) is 0 Å². The fourth-order valence-electron chi connectivity index (χ4n) is 0.734. The second-order valence-electron chi connectivity index (χ2n) is 2.43. The minimum atomic E-state index is -0.933. The average Bonchev–Trinajstić information content (AvgIpc) is 2.09. The van der Waals surface area contributed by atoms with Crippen LogP contribution in [0.5, 0.6) is 0 Å². The number of carbonyl (C=O) groups excluding carboxylic acids is 2. The minimum Gasteiger partial charge on any atom is -0.433 e. The van der Waals surface area contributed by atoms with Crippen LogP contribution in [0.1, 0.15) is 20.3 Å². The third kappa shape index (κ3) is 0.853. The van der Waals surface area contributed by atoms with E-state index < -0.39 is 11.7 Å². The van der Waals surface area contributed by atoms with Gasteiger partial charge in [0.05, 0.1) is 0 Å². The van der Waals surface area contributed by atoms with Crippen LogP contribution in [0.3, 0.4) is 0 Å². The lowest BCUT2D eigenvalue weighted by Gasteiger charge is -2.15. The highest BCUT2D eigenvalue weighted by atomic mass is 16.6. The van der Waals surface area contributed by atoms with Gasteiger partial charge in [-0.3, -0.25) is 10.1 Å². The summed E-state index contributed by atoms with van der Waals surface area (Å²) >= 11 is 0. The first kappa shape index (κ1) is 7.05. The third-order valence-corrected chi connectivity index (χ3v) is 1.69. The molecular weight excluding hydrogens is 134 g/mol. The maximum absolute atomic E-state index is 10.9. The summed E-state index contributed by atoms with van der Waals surface area (Å²) in [6, 6.07) is 0. The fourth-order valence-corrected chi connectivity index (χ4v) is 0.734. The topological polar surface area (TPSA) is 55.4 Å². The smallest absolute Gasteiger partial charge is 0.415 e. The number of hydrogen-bond acceptors (Lipinski definition) is 3. The molecule has 4 heteroatoms. The van der Waals surface area contributed by atoms with Crippen LogP contribution < -0.4 is 5.32 Å². The van der Waals surface area contributed by atoms with Crippen molar-refractivity contribution in [3.05, 3.63) is 0 Å². The van der Waals surface area contributed by atoms with Gasteiger partial charge in [0.25, 0.3) is 5.91 Å². The van der Waals surface area contributed by atoms with Gasteiger partial charge in [-0.25, -0.2) is 4.79 Å². The molecule has 0 aromatic carbocycles. The van der Waals surface area contributed by atoms with E-state index in [1.165, 1.54) is 0 Å². The minimum absolute atomic E-state index is 0.347. The van der Waals surface area contributed by atoms with Crippen LogP contribution in [0.25, 0.3) is 0 Å². The second-order valence-corrected chi connectivity index (χ2v) is 2.43. The highest BCUT2D eigenvalue weighted by Gasteiger charge is 2.42. The lowest BCUT2D eigenvalue weighted by molar-refractivity contribution is -0.130. The van der Waals surface area contributed by atoms with E-state index in [4.69, 9.17) is 4.74 Å². The van der Waals surface area contributed by atoms with Crippen LogP contribution in [0.15, 0.2) is 0 Å². The number of imide groups is 1. The van der Waals surface area contributed by atoms with E-state index in [1.54, 1.807) is 13.8 Å². The molecule has 4 nitrogen and oxygen atoms in total. The van der Waals surface area contributed by atoms with Crippen LogP contribution in [0, 0.1) is 0 Å². The SMILES string of the molecule is CC[C@@]1(C)OC(=O)NC1=O. The lowest BCUT2D eigenvalue weighted by Crippen LogP contribution is -2.34. The van der Waals surface area contributed by atoms with Crippen LogP contribution in [-0.2, 0) is 9.53 Å². The van der Waals surface area contributed by atoms with Crippen molar-refractivity contribution >= 4 is 12.0 Å². The van der Waals surface area contributed by atoms with Crippen LogP contribution in [0.4, 0.5) is 4.79 Å². The molecule has 0 bridgehead atoms. The van der Waals surface area contributed by atoms with E-state index in [2.05, 4.69) is 5.32 Å². The quantitative estimate of drug-likeness (QED) is 0.578. The summed E-state index contributed by atoms with van der Waals surface area (Å²) in [7, 11) is 0. The van der Waals surface area contributed by atoms with E-state index in [9.17, 15) is 9.59 Å². The van der Waals surface area contributed by atoms with Crippen molar-refractivity contribution in [3.63, 3.8) is 0 Å². The van der Waals surface area contributed by atoms with Crippen LogP contribution in [-0.4, -0.2) is 17.6 Å². The zero-order chi connectivity index (χ0) is 7.78. The third-order valence-electron chi connectivity index (χ3n) is 1.69. The Morgan fingerprint density at radius 1 is 1.60 bits per heavy atom. The fraction of sp³-hybridized carbons (Fsp3) is 0.667. The summed E-state index contributed by atoms with van der Waals surface area (Å²) in [5.41, 5.74) is -0.933. The molecule has 1 N–H and O–H groups in total. The summed E-state index contributed by atoms with van der Waals surface area (Å²) in [6.07, 6.45) is -0.140. The molecule has 0 saturated carbocycles. The van der Waals surface area contributed by atoms with Gasteiger partial charge in [0.1, 0.15) is 0 Å². The first-order valence-corrected chi connectivity index (χ1v) is 3.13. The second kappa shape index (κ2) is 1.97. The van der Waals surface area contributed by atoms with Gasteiger partial charge in [0.15, 0.2) is 5.60 Å². The van der Waals surface area contributed by atoms with Crippen molar-refractivity contribution in [2.45, 2.75) is 25.9 Å². The highest BCUT2D eigenvalue weighted by Crippen LogP contribution is 2.19. The Morgan fingerprint density at radius 2 is 2.20 bits per heavy atom. The van der Waals surface area contributed by atoms with Gasteiger partial charge >= 0.3 is 6.09 Å². The Morgan fingerprint density at radius 3 is 2.40 bits per heavy atom. The Labute approximate surface area is 58.5 Å². The van der Waals surface area contributed by atoms with Crippen molar-refractivity contribution in [1.29, 1.82) is 0 Å². The highest BCUT2D eigenvalue weighted by molar-refractivity contribution is 6.02. The van der Waals surface area contributed by atoms with Crippen molar-refractivity contribution < 1.29 is 14.3 Å². The van der Waals surface area contributed by atoms with E-state index in [1.807, 2.05) is 0 Å². The van der Waals surface area contributed by atoms with Gasteiger partial charge in [-0.15, -0.1) is 0 Å². The number of amides is 2. The number of nitrogens with one attached hydrogen (secondary N) is 1. The zero-order valence-electron chi connectivity index (χ0n) is 5.93. The van der Waals surface area contributed by atoms with Gasteiger partial charge in [0.2, 0.25) is 0 Å².